The minimum atomic E-state index is 0.159. The fraction of sp³-hybridized carbons (Fsp3) is 0.458. The number of amides is 1. The van der Waals surface area contributed by atoms with Gasteiger partial charge in [-0.05, 0) is 68.1 Å². The van der Waals surface area contributed by atoms with Gasteiger partial charge in [-0.3, -0.25) is 4.79 Å². The topological polar surface area (TPSA) is 51.0 Å². The Morgan fingerprint density at radius 3 is 2.55 bits per heavy atom. The first-order valence-electron chi connectivity index (χ1n) is 10.8. The summed E-state index contributed by atoms with van der Waals surface area (Å²) in [5.41, 5.74) is 4.60. The van der Waals surface area contributed by atoms with Crippen LogP contribution in [0.5, 0.6) is 0 Å². The van der Waals surface area contributed by atoms with Crippen LogP contribution in [-0.4, -0.2) is 38.7 Å². The zero-order valence-electron chi connectivity index (χ0n) is 17.1. The van der Waals surface area contributed by atoms with E-state index in [-0.39, 0.29) is 12.5 Å². The molecule has 5 nitrogen and oxygen atoms in total. The molecule has 2 aromatic heterocycles. The van der Waals surface area contributed by atoms with Crippen molar-refractivity contribution in [3.63, 3.8) is 0 Å². The molecule has 0 spiro atoms. The monoisotopic (exact) mass is 388 g/mol. The molecule has 1 saturated carbocycles. The van der Waals surface area contributed by atoms with Gasteiger partial charge in [0.2, 0.25) is 5.91 Å². The van der Waals surface area contributed by atoms with Gasteiger partial charge in [0.25, 0.3) is 0 Å². The Balaban J connectivity index is 1.24. The van der Waals surface area contributed by atoms with Crippen molar-refractivity contribution in [1.82, 2.24) is 19.7 Å². The van der Waals surface area contributed by atoms with Gasteiger partial charge in [0.05, 0.1) is 5.69 Å². The molecule has 0 radical (unpaired) electrons. The second kappa shape index (κ2) is 7.62. The van der Waals surface area contributed by atoms with Crippen molar-refractivity contribution in [2.24, 2.45) is 5.92 Å². The Morgan fingerprint density at radius 1 is 1.07 bits per heavy atom. The fourth-order valence-electron chi connectivity index (χ4n) is 4.72. The van der Waals surface area contributed by atoms with E-state index in [0.29, 0.717) is 11.8 Å². The average molecular weight is 389 g/mol. The van der Waals surface area contributed by atoms with Crippen LogP contribution in [0.1, 0.15) is 48.4 Å². The first kappa shape index (κ1) is 18.3. The summed E-state index contributed by atoms with van der Waals surface area (Å²) >= 11 is 0. The number of carbonyl (C=O) groups excluding carboxylic acids is 1. The van der Waals surface area contributed by atoms with Gasteiger partial charge in [0.15, 0.2) is 5.65 Å². The SMILES string of the molecule is Cc1nn(CC(=O)N2CCC(Cc3ccccc3)CC2)c2nccc(C3CC3)c12. The number of aromatic nitrogens is 3. The summed E-state index contributed by atoms with van der Waals surface area (Å²) in [4.78, 5) is 19.5. The van der Waals surface area contributed by atoms with Gasteiger partial charge in [-0.25, -0.2) is 9.67 Å². The third-order valence-corrected chi connectivity index (χ3v) is 6.48. The van der Waals surface area contributed by atoms with Crippen LogP contribution in [-0.2, 0) is 17.8 Å². The van der Waals surface area contributed by atoms with Crippen LogP contribution in [0, 0.1) is 12.8 Å². The Bertz CT molecular complexity index is 1010. The molecule has 1 aromatic carbocycles. The molecule has 2 fully saturated rings. The number of rotatable bonds is 5. The van der Waals surface area contributed by atoms with Crippen LogP contribution in [0.25, 0.3) is 11.0 Å². The highest BCUT2D eigenvalue weighted by Gasteiger charge is 2.28. The highest BCUT2D eigenvalue weighted by atomic mass is 16.2. The molecule has 0 bridgehead atoms. The van der Waals surface area contributed by atoms with Crippen molar-refractivity contribution in [1.29, 1.82) is 0 Å². The van der Waals surface area contributed by atoms with E-state index in [2.05, 4.69) is 46.5 Å². The number of benzene rings is 1. The molecule has 3 heterocycles. The summed E-state index contributed by atoms with van der Waals surface area (Å²) in [6, 6.07) is 12.8. The number of fused-ring (bicyclic) bond motifs is 1. The molecule has 150 valence electrons. The molecule has 0 unspecified atom stereocenters. The Hall–Kier alpha value is -2.69. The molecule has 5 heteroatoms. The van der Waals surface area contributed by atoms with Gasteiger partial charge in [0, 0.05) is 24.7 Å². The lowest BCUT2D eigenvalue weighted by Crippen LogP contribution is -2.40. The predicted octanol–water partition coefficient (Wildman–Crippen LogP) is 4.10. The van der Waals surface area contributed by atoms with Crippen LogP contribution in [0.15, 0.2) is 42.6 Å². The Morgan fingerprint density at radius 2 is 1.83 bits per heavy atom. The van der Waals surface area contributed by atoms with E-state index in [4.69, 9.17) is 0 Å². The maximum Gasteiger partial charge on any atom is 0.244 e. The van der Waals surface area contributed by atoms with Crippen LogP contribution >= 0.6 is 0 Å². The quantitative estimate of drug-likeness (QED) is 0.661. The van der Waals surface area contributed by atoms with Crippen molar-refractivity contribution in [2.75, 3.05) is 13.1 Å². The zero-order chi connectivity index (χ0) is 19.8. The fourth-order valence-corrected chi connectivity index (χ4v) is 4.72. The lowest BCUT2D eigenvalue weighted by molar-refractivity contribution is -0.133. The molecule has 1 aliphatic carbocycles. The number of hydrogen-bond donors (Lipinski definition) is 0. The normalized spacial score (nSPS) is 17.8. The molecule has 5 rings (SSSR count). The maximum atomic E-state index is 13.0. The molecule has 1 aliphatic heterocycles. The van der Waals surface area contributed by atoms with E-state index in [1.165, 1.54) is 24.0 Å². The Labute approximate surface area is 171 Å². The van der Waals surface area contributed by atoms with Gasteiger partial charge < -0.3 is 4.90 Å². The van der Waals surface area contributed by atoms with Crippen molar-refractivity contribution in [2.45, 2.75) is 51.5 Å². The molecule has 0 N–H and O–H groups in total. The summed E-state index contributed by atoms with van der Waals surface area (Å²) in [5, 5.41) is 5.83. The summed E-state index contributed by atoms with van der Waals surface area (Å²) in [6.07, 6.45) is 7.63. The Kier molecular flexibility index (Phi) is 4.82. The molecule has 29 heavy (non-hydrogen) atoms. The number of likely N-dealkylation sites (tertiary alicyclic amines) is 1. The second-order valence-corrected chi connectivity index (χ2v) is 8.63. The van der Waals surface area contributed by atoms with Crippen molar-refractivity contribution < 1.29 is 4.79 Å². The van der Waals surface area contributed by atoms with Crippen LogP contribution in [0.3, 0.4) is 0 Å². The standard InChI is InChI=1S/C24H28N4O/c1-17-23-21(20-7-8-20)9-12-25-24(23)28(26-17)16-22(29)27-13-10-19(11-14-27)15-18-5-3-2-4-6-18/h2-6,9,12,19-20H,7-8,10-11,13-16H2,1H3. The predicted molar refractivity (Wildman–Crippen MR) is 114 cm³/mol. The summed E-state index contributed by atoms with van der Waals surface area (Å²) < 4.78 is 1.81. The van der Waals surface area contributed by atoms with Gasteiger partial charge in [-0.2, -0.15) is 5.10 Å². The molecular formula is C24H28N4O. The molecular weight excluding hydrogens is 360 g/mol. The second-order valence-electron chi connectivity index (χ2n) is 8.63. The summed E-state index contributed by atoms with van der Waals surface area (Å²) in [5.74, 6) is 1.47. The molecule has 3 aromatic rings. The smallest absolute Gasteiger partial charge is 0.244 e. The van der Waals surface area contributed by atoms with Crippen molar-refractivity contribution >= 4 is 16.9 Å². The number of hydrogen-bond acceptors (Lipinski definition) is 3. The maximum absolute atomic E-state index is 13.0. The third kappa shape index (κ3) is 3.78. The van der Waals surface area contributed by atoms with Gasteiger partial charge in [0.1, 0.15) is 6.54 Å². The molecule has 2 aliphatic rings. The van der Waals surface area contributed by atoms with E-state index < -0.39 is 0 Å². The van der Waals surface area contributed by atoms with E-state index in [1.54, 1.807) is 0 Å². The largest absolute Gasteiger partial charge is 0.341 e. The summed E-state index contributed by atoms with van der Waals surface area (Å²) in [7, 11) is 0. The third-order valence-electron chi connectivity index (χ3n) is 6.48. The van der Waals surface area contributed by atoms with Crippen LogP contribution in [0.2, 0.25) is 0 Å². The minimum absolute atomic E-state index is 0.159. The average Bonchev–Trinajstić information content (AvgIpc) is 3.54. The van der Waals surface area contributed by atoms with Crippen LogP contribution in [0.4, 0.5) is 0 Å². The van der Waals surface area contributed by atoms with Gasteiger partial charge in [-0.1, -0.05) is 30.3 Å². The lowest BCUT2D eigenvalue weighted by Gasteiger charge is -2.32. The van der Waals surface area contributed by atoms with Crippen molar-refractivity contribution in [3.05, 3.63) is 59.4 Å². The number of piperidine rings is 1. The number of nitrogens with zero attached hydrogens (tertiary/aromatic N) is 4. The van der Waals surface area contributed by atoms with Gasteiger partial charge in [-0.15, -0.1) is 0 Å². The number of pyridine rings is 1. The summed E-state index contributed by atoms with van der Waals surface area (Å²) in [6.45, 7) is 4.01. The first-order chi connectivity index (χ1) is 14.2. The van der Waals surface area contributed by atoms with E-state index >= 15 is 0 Å². The highest BCUT2D eigenvalue weighted by molar-refractivity contribution is 5.85. The van der Waals surface area contributed by atoms with Crippen molar-refractivity contribution in [3.8, 4) is 0 Å². The number of aryl methyl sites for hydroxylation is 1. The first-order valence-corrected chi connectivity index (χ1v) is 10.8. The van der Waals surface area contributed by atoms with E-state index in [0.717, 1.165) is 49.1 Å². The minimum Gasteiger partial charge on any atom is -0.341 e. The lowest BCUT2D eigenvalue weighted by atomic mass is 9.90. The van der Waals surface area contributed by atoms with Crippen LogP contribution < -0.4 is 0 Å². The molecule has 0 atom stereocenters. The molecule has 1 amide bonds. The van der Waals surface area contributed by atoms with E-state index in [9.17, 15) is 4.79 Å². The van der Waals surface area contributed by atoms with E-state index in [1.807, 2.05) is 22.7 Å². The highest BCUT2D eigenvalue weighted by Crippen LogP contribution is 2.43. The number of carbonyl (C=O) groups is 1. The van der Waals surface area contributed by atoms with Gasteiger partial charge >= 0.3 is 0 Å². The zero-order valence-corrected chi connectivity index (χ0v) is 17.1. The molecule has 1 saturated heterocycles.